The summed E-state index contributed by atoms with van der Waals surface area (Å²) in [6.07, 6.45) is 4.81. The summed E-state index contributed by atoms with van der Waals surface area (Å²) in [5, 5.41) is 1.16. The first-order chi connectivity index (χ1) is 6.86. The Bertz CT molecular complexity index is 593. The quantitative estimate of drug-likeness (QED) is 0.666. The molecule has 1 aliphatic carbocycles. The second-order valence-electron chi connectivity index (χ2n) is 3.50. The van der Waals surface area contributed by atoms with Crippen molar-refractivity contribution < 1.29 is 0 Å². The predicted molar refractivity (Wildman–Crippen MR) is 57.3 cm³/mol. The number of fused-ring (bicyclic) bond motifs is 3. The third kappa shape index (κ3) is 0.880. The highest BCUT2D eigenvalue weighted by Crippen LogP contribution is 2.23. The summed E-state index contributed by atoms with van der Waals surface area (Å²) in [4.78, 5) is 14.5. The maximum Gasteiger partial charge on any atom is 0.255 e. The van der Waals surface area contributed by atoms with Gasteiger partial charge in [-0.05, 0) is 18.1 Å². The van der Waals surface area contributed by atoms with Crippen molar-refractivity contribution in [2.24, 2.45) is 0 Å². The molecule has 1 heterocycles. The first kappa shape index (κ1) is 7.56. The molecule has 0 spiro atoms. The van der Waals surface area contributed by atoms with E-state index in [0.717, 1.165) is 28.5 Å². The first-order valence-corrected chi connectivity index (χ1v) is 4.67. The summed E-state index contributed by atoms with van der Waals surface area (Å²) in [5.74, 6) is 0. The molecule has 1 aromatic heterocycles. The number of aromatic nitrogens is 1. The van der Waals surface area contributed by atoms with E-state index in [2.05, 4.69) is 11.1 Å². The van der Waals surface area contributed by atoms with Gasteiger partial charge in [0.1, 0.15) is 0 Å². The van der Waals surface area contributed by atoms with Gasteiger partial charge in [-0.3, -0.25) is 4.79 Å². The van der Waals surface area contributed by atoms with Gasteiger partial charge in [0.2, 0.25) is 0 Å². The Balaban J connectivity index is 2.55. The second-order valence-corrected chi connectivity index (χ2v) is 3.50. The zero-order chi connectivity index (χ0) is 9.54. The number of para-hydroxylation sites is 1. The van der Waals surface area contributed by atoms with E-state index in [1.807, 2.05) is 30.4 Å². The van der Waals surface area contributed by atoms with E-state index in [4.69, 9.17) is 0 Å². The van der Waals surface area contributed by atoms with Crippen LogP contribution in [0.5, 0.6) is 0 Å². The lowest BCUT2D eigenvalue weighted by Gasteiger charge is -2.03. The average molecular weight is 183 g/mol. The lowest BCUT2D eigenvalue weighted by Crippen LogP contribution is -2.10. The van der Waals surface area contributed by atoms with E-state index in [1.165, 1.54) is 0 Å². The summed E-state index contributed by atoms with van der Waals surface area (Å²) in [6.45, 7) is 0. The Hall–Kier alpha value is -1.83. The van der Waals surface area contributed by atoms with Crippen LogP contribution in [-0.4, -0.2) is 4.98 Å². The minimum absolute atomic E-state index is 0.0208. The normalized spacial score (nSPS) is 13.4. The maximum absolute atomic E-state index is 11.6. The van der Waals surface area contributed by atoms with Crippen molar-refractivity contribution >= 4 is 17.0 Å². The lowest BCUT2D eigenvalue weighted by molar-refractivity contribution is 1.24. The molecular formula is C12H9NO. The van der Waals surface area contributed by atoms with Crippen molar-refractivity contribution in [3.63, 3.8) is 0 Å². The van der Waals surface area contributed by atoms with Crippen molar-refractivity contribution in [3.8, 4) is 0 Å². The molecule has 0 aliphatic heterocycles. The number of hydrogen-bond acceptors (Lipinski definition) is 1. The number of benzene rings is 1. The van der Waals surface area contributed by atoms with Crippen molar-refractivity contribution in [3.05, 3.63) is 51.8 Å². The van der Waals surface area contributed by atoms with Crippen molar-refractivity contribution in [2.45, 2.75) is 6.42 Å². The Morgan fingerprint density at radius 3 is 3.00 bits per heavy atom. The standard InChI is InChI=1S/C12H9NO/c14-12-10-6-3-5-8(10)9-4-1-2-7-11(9)13-12/h1-4,6-7H,5H2,(H,13,14). The van der Waals surface area contributed by atoms with Crippen LogP contribution in [0.4, 0.5) is 0 Å². The van der Waals surface area contributed by atoms with Crippen LogP contribution in [-0.2, 0) is 6.42 Å². The highest BCUT2D eigenvalue weighted by atomic mass is 16.1. The van der Waals surface area contributed by atoms with Crippen LogP contribution >= 0.6 is 0 Å². The molecule has 3 rings (SSSR count). The van der Waals surface area contributed by atoms with E-state index in [-0.39, 0.29) is 5.56 Å². The van der Waals surface area contributed by atoms with E-state index in [0.29, 0.717) is 0 Å². The fourth-order valence-electron chi connectivity index (χ4n) is 2.02. The SMILES string of the molecule is O=c1[nH]c2ccccc2c2c1C=CC2. The van der Waals surface area contributed by atoms with Gasteiger partial charge in [0.25, 0.3) is 5.56 Å². The Morgan fingerprint density at radius 2 is 2.07 bits per heavy atom. The molecule has 1 aromatic carbocycles. The van der Waals surface area contributed by atoms with Gasteiger partial charge in [-0.25, -0.2) is 0 Å². The van der Waals surface area contributed by atoms with Crippen LogP contribution in [0.2, 0.25) is 0 Å². The van der Waals surface area contributed by atoms with Crippen LogP contribution in [0.3, 0.4) is 0 Å². The third-order valence-corrected chi connectivity index (χ3v) is 2.68. The molecule has 1 aliphatic rings. The van der Waals surface area contributed by atoms with Gasteiger partial charge in [0.15, 0.2) is 0 Å². The molecule has 0 saturated carbocycles. The van der Waals surface area contributed by atoms with Crippen LogP contribution < -0.4 is 5.56 Å². The fraction of sp³-hybridized carbons (Fsp3) is 0.0833. The fourth-order valence-corrected chi connectivity index (χ4v) is 2.02. The van der Waals surface area contributed by atoms with Crippen LogP contribution in [0.15, 0.2) is 35.1 Å². The van der Waals surface area contributed by atoms with Crippen LogP contribution in [0.25, 0.3) is 17.0 Å². The van der Waals surface area contributed by atoms with E-state index in [9.17, 15) is 4.79 Å². The summed E-state index contributed by atoms with van der Waals surface area (Å²) < 4.78 is 0. The monoisotopic (exact) mass is 183 g/mol. The molecule has 2 nitrogen and oxygen atoms in total. The van der Waals surface area contributed by atoms with E-state index in [1.54, 1.807) is 0 Å². The van der Waals surface area contributed by atoms with Crippen LogP contribution in [0, 0.1) is 0 Å². The van der Waals surface area contributed by atoms with Gasteiger partial charge in [-0.2, -0.15) is 0 Å². The highest BCUT2D eigenvalue weighted by molar-refractivity contribution is 5.86. The minimum atomic E-state index is 0.0208. The zero-order valence-corrected chi connectivity index (χ0v) is 7.58. The minimum Gasteiger partial charge on any atom is -0.321 e. The number of hydrogen-bond donors (Lipinski definition) is 1. The molecule has 0 radical (unpaired) electrons. The van der Waals surface area contributed by atoms with E-state index >= 15 is 0 Å². The topological polar surface area (TPSA) is 32.9 Å². The van der Waals surface area contributed by atoms with Gasteiger partial charge < -0.3 is 4.98 Å². The number of nitrogens with one attached hydrogen (secondary N) is 1. The maximum atomic E-state index is 11.6. The lowest BCUT2D eigenvalue weighted by atomic mass is 10.1. The molecule has 1 N–H and O–H groups in total. The molecule has 0 saturated heterocycles. The molecule has 2 heteroatoms. The van der Waals surface area contributed by atoms with Gasteiger partial charge in [0.05, 0.1) is 0 Å². The van der Waals surface area contributed by atoms with Gasteiger partial charge in [-0.15, -0.1) is 0 Å². The van der Waals surface area contributed by atoms with Gasteiger partial charge in [0, 0.05) is 16.5 Å². The number of allylic oxidation sites excluding steroid dienone is 1. The summed E-state index contributed by atoms with van der Waals surface area (Å²) in [7, 11) is 0. The highest BCUT2D eigenvalue weighted by Gasteiger charge is 2.12. The second kappa shape index (κ2) is 2.58. The summed E-state index contributed by atoms with van der Waals surface area (Å²) >= 11 is 0. The molecule has 0 unspecified atom stereocenters. The molecule has 14 heavy (non-hydrogen) atoms. The average Bonchev–Trinajstić information content (AvgIpc) is 2.67. The van der Waals surface area contributed by atoms with Gasteiger partial charge in [-0.1, -0.05) is 30.4 Å². The predicted octanol–water partition coefficient (Wildman–Crippen LogP) is 2.10. The van der Waals surface area contributed by atoms with Crippen molar-refractivity contribution in [2.75, 3.05) is 0 Å². The Labute approximate surface area is 80.9 Å². The largest absolute Gasteiger partial charge is 0.321 e. The Kier molecular flexibility index (Phi) is 1.39. The van der Waals surface area contributed by atoms with E-state index < -0.39 is 0 Å². The number of H-pyrrole nitrogens is 1. The van der Waals surface area contributed by atoms with Gasteiger partial charge >= 0.3 is 0 Å². The summed E-state index contributed by atoms with van der Waals surface area (Å²) in [5.41, 5.74) is 2.93. The van der Waals surface area contributed by atoms with Crippen molar-refractivity contribution in [1.82, 2.24) is 4.98 Å². The molecular weight excluding hydrogens is 174 g/mol. The molecule has 0 fully saturated rings. The smallest absolute Gasteiger partial charge is 0.255 e. The Morgan fingerprint density at radius 1 is 1.21 bits per heavy atom. The first-order valence-electron chi connectivity index (χ1n) is 4.67. The number of aromatic amines is 1. The summed E-state index contributed by atoms with van der Waals surface area (Å²) in [6, 6.07) is 7.93. The number of pyridine rings is 1. The molecule has 68 valence electrons. The van der Waals surface area contributed by atoms with Crippen molar-refractivity contribution in [1.29, 1.82) is 0 Å². The molecule has 0 amide bonds. The molecule has 0 bridgehead atoms. The number of rotatable bonds is 0. The molecule has 2 aromatic rings. The van der Waals surface area contributed by atoms with Crippen LogP contribution in [0.1, 0.15) is 11.1 Å². The zero-order valence-electron chi connectivity index (χ0n) is 7.58. The molecule has 0 atom stereocenters. The third-order valence-electron chi connectivity index (χ3n) is 2.68.